The molecule has 1 aromatic rings. The first-order valence-electron chi connectivity index (χ1n) is 6.62. The molecule has 1 atom stereocenters. The Morgan fingerprint density at radius 3 is 2.75 bits per heavy atom. The molecule has 0 amide bonds. The summed E-state index contributed by atoms with van der Waals surface area (Å²) in [6, 6.07) is 1.45. The highest BCUT2D eigenvalue weighted by Crippen LogP contribution is 2.07. The Labute approximate surface area is 117 Å². The van der Waals surface area contributed by atoms with Crippen LogP contribution in [0.15, 0.2) is 17.1 Å². The van der Waals surface area contributed by atoms with E-state index in [0.717, 1.165) is 23.3 Å². The fourth-order valence-corrected chi connectivity index (χ4v) is 1.79. The lowest BCUT2D eigenvalue weighted by atomic mass is 10.3. The van der Waals surface area contributed by atoms with E-state index in [1.54, 1.807) is 13.1 Å². The molecule has 0 aliphatic heterocycles. The molecule has 0 radical (unpaired) electrons. The third kappa shape index (κ3) is 4.34. The Morgan fingerprint density at radius 2 is 2.25 bits per heavy atom. The largest absolute Gasteiger partial charge is 0.479 e. The van der Waals surface area contributed by atoms with Gasteiger partial charge in [-0.1, -0.05) is 6.92 Å². The Balaban J connectivity index is 2.87. The number of ether oxygens (including phenoxy) is 1. The fraction of sp³-hybridized carbons (Fsp3) is 0.615. The quantitative estimate of drug-likeness (QED) is 0.751. The average molecular weight is 283 g/mol. The molecule has 7 nitrogen and oxygen atoms in total. The number of carbonyl (C=O) groups is 1. The summed E-state index contributed by atoms with van der Waals surface area (Å²) in [6.07, 6.45) is 1.46. The van der Waals surface area contributed by atoms with Gasteiger partial charge >= 0.3 is 5.97 Å². The summed E-state index contributed by atoms with van der Waals surface area (Å²) in [6.45, 7) is 4.74. The van der Waals surface area contributed by atoms with Crippen molar-refractivity contribution in [2.45, 2.75) is 32.9 Å². The van der Waals surface area contributed by atoms with E-state index in [4.69, 9.17) is 9.84 Å². The first-order valence-corrected chi connectivity index (χ1v) is 6.62. The van der Waals surface area contributed by atoms with Crippen molar-refractivity contribution in [1.82, 2.24) is 9.78 Å². The summed E-state index contributed by atoms with van der Waals surface area (Å²) in [5.41, 5.74) is 0.382. The van der Waals surface area contributed by atoms with E-state index in [2.05, 4.69) is 5.10 Å². The molecule has 7 heteroatoms. The van der Waals surface area contributed by atoms with Crippen molar-refractivity contribution in [3.8, 4) is 0 Å². The van der Waals surface area contributed by atoms with Gasteiger partial charge in [0.25, 0.3) is 5.56 Å². The second kappa shape index (κ2) is 7.64. The fourth-order valence-electron chi connectivity index (χ4n) is 1.79. The van der Waals surface area contributed by atoms with Gasteiger partial charge in [-0.05, 0) is 13.3 Å². The number of aromatic nitrogens is 2. The molecule has 1 aromatic heterocycles. The first kappa shape index (κ1) is 16.2. The van der Waals surface area contributed by atoms with Crippen LogP contribution in [0, 0.1) is 0 Å². The van der Waals surface area contributed by atoms with Crippen molar-refractivity contribution in [2.24, 2.45) is 0 Å². The van der Waals surface area contributed by atoms with E-state index < -0.39 is 12.1 Å². The van der Waals surface area contributed by atoms with Crippen LogP contribution in [0.4, 0.5) is 5.69 Å². The molecule has 20 heavy (non-hydrogen) atoms. The highest BCUT2D eigenvalue weighted by atomic mass is 16.5. The number of anilines is 1. The number of carboxylic acid groups (broad SMARTS) is 1. The van der Waals surface area contributed by atoms with Crippen molar-refractivity contribution in [3.63, 3.8) is 0 Å². The lowest BCUT2D eigenvalue weighted by Crippen LogP contribution is -2.35. The number of rotatable bonds is 8. The lowest BCUT2D eigenvalue weighted by Gasteiger charge is -2.18. The van der Waals surface area contributed by atoms with Crippen LogP contribution in [0.5, 0.6) is 0 Å². The maximum absolute atomic E-state index is 11.9. The second-order valence-electron chi connectivity index (χ2n) is 4.44. The highest BCUT2D eigenvalue weighted by molar-refractivity contribution is 5.72. The number of nitrogens with zero attached hydrogens (tertiary/aromatic N) is 3. The molecule has 0 fully saturated rings. The molecular weight excluding hydrogens is 262 g/mol. The molecule has 0 saturated carbocycles. The summed E-state index contributed by atoms with van der Waals surface area (Å²) in [5, 5.41) is 13.0. The van der Waals surface area contributed by atoms with Crippen LogP contribution in [-0.4, -0.2) is 47.2 Å². The summed E-state index contributed by atoms with van der Waals surface area (Å²) in [5.74, 6) is -1.10. The van der Waals surface area contributed by atoms with Crippen LogP contribution < -0.4 is 10.5 Å². The molecule has 1 rings (SSSR count). The predicted molar refractivity (Wildman–Crippen MR) is 75.1 cm³/mol. The van der Waals surface area contributed by atoms with Gasteiger partial charge in [0.15, 0.2) is 6.10 Å². The van der Waals surface area contributed by atoms with E-state index in [1.807, 2.05) is 18.9 Å². The second-order valence-corrected chi connectivity index (χ2v) is 4.44. The molecule has 1 N–H and O–H groups in total. The highest BCUT2D eigenvalue weighted by Gasteiger charge is 2.19. The van der Waals surface area contributed by atoms with E-state index in [-0.39, 0.29) is 18.7 Å². The molecule has 0 bridgehead atoms. The Bertz CT molecular complexity index is 501. The molecule has 0 spiro atoms. The van der Waals surface area contributed by atoms with Crippen LogP contribution in [0.25, 0.3) is 0 Å². The maximum Gasteiger partial charge on any atom is 0.334 e. The summed E-state index contributed by atoms with van der Waals surface area (Å²) in [7, 11) is 1.88. The lowest BCUT2D eigenvalue weighted by molar-refractivity contribution is -0.151. The van der Waals surface area contributed by atoms with Gasteiger partial charge < -0.3 is 14.7 Å². The van der Waals surface area contributed by atoms with Crippen molar-refractivity contribution >= 4 is 11.7 Å². The SMILES string of the molecule is CCCN(C)c1cnn(CC(OCC)C(=O)O)c(=O)c1. The minimum absolute atomic E-state index is 0.0974. The minimum atomic E-state index is -1.10. The molecule has 0 aromatic carbocycles. The topological polar surface area (TPSA) is 84.7 Å². The van der Waals surface area contributed by atoms with Gasteiger partial charge in [0.1, 0.15) is 0 Å². The predicted octanol–water partition coefficient (Wildman–Crippen LogP) is 0.579. The van der Waals surface area contributed by atoms with E-state index in [0.29, 0.717) is 0 Å². The zero-order chi connectivity index (χ0) is 15.1. The Kier molecular flexibility index (Phi) is 6.17. The monoisotopic (exact) mass is 283 g/mol. The van der Waals surface area contributed by atoms with E-state index in [1.165, 1.54) is 6.07 Å². The number of hydrogen-bond donors (Lipinski definition) is 1. The molecule has 112 valence electrons. The normalized spacial score (nSPS) is 12.2. The van der Waals surface area contributed by atoms with Crippen LogP contribution in [0.1, 0.15) is 20.3 Å². The molecule has 1 heterocycles. The molecule has 0 aliphatic rings. The minimum Gasteiger partial charge on any atom is -0.479 e. The number of carboxylic acids is 1. The van der Waals surface area contributed by atoms with Gasteiger partial charge in [-0.3, -0.25) is 4.79 Å². The third-order valence-corrected chi connectivity index (χ3v) is 2.84. The zero-order valence-corrected chi connectivity index (χ0v) is 12.1. The standard InChI is InChI=1S/C13H21N3O4/c1-4-6-15(3)10-7-12(17)16(14-8-10)9-11(13(18)19)20-5-2/h7-8,11H,4-6,9H2,1-3H3,(H,18,19). The van der Waals surface area contributed by atoms with Crippen molar-refractivity contribution in [1.29, 1.82) is 0 Å². The van der Waals surface area contributed by atoms with E-state index in [9.17, 15) is 9.59 Å². The molecule has 0 aliphatic carbocycles. The van der Waals surface area contributed by atoms with Crippen LogP contribution in [0.2, 0.25) is 0 Å². The maximum atomic E-state index is 11.9. The Hall–Kier alpha value is -1.89. The average Bonchev–Trinajstić information content (AvgIpc) is 2.40. The van der Waals surface area contributed by atoms with Gasteiger partial charge in [-0.15, -0.1) is 0 Å². The summed E-state index contributed by atoms with van der Waals surface area (Å²) in [4.78, 5) is 24.9. The van der Waals surface area contributed by atoms with E-state index >= 15 is 0 Å². The number of aliphatic carboxylic acids is 1. The van der Waals surface area contributed by atoms with Crippen molar-refractivity contribution in [2.75, 3.05) is 25.1 Å². The van der Waals surface area contributed by atoms with Gasteiger partial charge in [0.2, 0.25) is 0 Å². The Morgan fingerprint density at radius 1 is 1.55 bits per heavy atom. The smallest absolute Gasteiger partial charge is 0.334 e. The van der Waals surface area contributed by atoms with Crippen molar-refractivity contribution in [3.05, 3.63) is 22.6 Å². The molecule has 1 unspecified atom stereocenters. The van der Waals surface area contributed by atoms with Crippen LogP contribution in [-0.2, 0) is 16.1 Å². The van der Waals surface area contributed by atoms with Gasteiger partial charge in [-0.2, -0.15) is 5.10 Å². The van der Waals surface area contributed by atoms with Crippen molar-refractivity contribution < 1.29 is 14.6 Å². The van der Waals surface area contributed by atoms with Gasteiger partial charge in [0, 0.05) is 26.3 Å². The van der Waals surface area contributed by atoms with Crippen LogP contribution in [0.3, 0.4) is 0 Å². The zero-order valence-electron chi connectivity index (χ0n) is 12.1. The summed E-state index contributed by atoms with van der Waals surface area (Å²) >= 11 is 0. The number of hydrogen-bond acceptors (Lipinski definition) is 5. The third-order valence-electron chi connectivity index (χ3n) is 2.84. The molecular formula is C13H21N3O4. The first-order chi connectivity index (χ1) is 9.49. The summed E-state index contributed by atoms with van der Waals surface area (Å²) < 4.78 is 6.18. The molecule has 0 saturated heterocycles. The van der Waals surface area contributed by atoms with Crippen LogP contribution >= 0.6 is 0 Å². The van der Waals surface area contributed by atoms with Gasteiger partial charge in [0.05, 0.1) is 18.4 Å². The van der Waals surface area contributed by atoms with Gasteiger partial charge in [-0.25, -0.2) is 9.48 Å².